The molecule has 2 rings (SSSR count). The number of aromatic nitrogens is 1. The van der Waals surface area contributed by atoms with Crippen LogP contribution < -0.4 is 5.32 Å². The van der Waals surface area contributed by atoms with Crippen LogP contribution in [0.2, 0.25) is 0 Å². The van der Waals surface area contributed by atoms with E-state index >= 15 is 0 Å². The fourth-order valence-corrected chi connectivity index (χ4v) is 3.06. The second-order valence-electron chi connectivity index (χ2n) is 6.31. The number of aliphatic imine (C=N–C) groups is 1. The van der Waals surface area contributed by atoms with Crippen molar-refractivity contribution < 1.29 is 17.9 Å². The maximum Gasteiger partial charge on any atom is 0.411 e. The highest BCUT2D eigenvalue weighted by molar-refractivity contribution is 7.09. The minimum Gasteiger partial charge on any atom is -0.367 e. The van der Waals surface area contributed by atoms with Crippen molar-refractivity contribution in [2.75, 3.05) is 20.2 Å². The summed E-state index contributed by atoms with van der Waals surface area (Å²) in [6.07, 6.45) is -4.30. The molecule has 0 aliphatic carbocycles. The van der Waals surface area contributed by atoms with Crippen molar-refractivity contribution >= 4 is 17.3 Å². The summed E-state index contributed by atoms with van der Waals surface area (Å²) in [6.45, 7) is 4.54. The van der Waals surface area contributed by atoms with E-state index < -0.39 is 12.8 Å². The van der Waals surface area contributed by atoms with Crippen LogP contribution in [0.25, 0.3) is 0 Å². The fraction of sp³-hybridized carbons (Fsp3) is 0.474. The predicted octanol–water partition coefficient (Wildman–Crippen LogP) is 4.13. The lowest BCUT2D eigenvalue weighted by Gasteiger charge is -2.21. The Kier molecular flexibility index (Phi) is 8.25. The van der Waals surface area contributed by atoms with Crippen LogP contribution in [0.5, 0.6) is 0 Å². The highest BCUT2D eigenvalue weighted by Gasteiger charge is 2.27. The third-order valence-corrected chi connectivity index (χ3v) is 4.55. The Hall–Kier alpha value is -2.13. The lowest BCUT2D eigenvalue weighted by molar-refractivity contribution is -0.176. The van der Waals surface area contributed by atoms with Gasteiger partial charge in [0.25, 0.3) is 0 Å². The summed E-state index contributed by atoms with van der Waals surface area (Å²) in [5.74, 6) is 0.769. The number of hydrogen-bond donors (Lipinski definition) is 1. The molecule has 0 saturated heterocycles. The minimum absolute atomic E-state index is 0.0680. The van der Waals surface area contributed by atoms with Gasteiger partial charge in [0.05, 0.1) is 30.4 Å². The number of nitrogens with zero attached hydrogens (tertiary/aromatic N) is 3. The van der Waals surface area contributed by atoms with Gasteiger partial charge in [-0.3, -0.25) is 0 Å². The van der Waals surface area contributed by atoms with Gasteiger partial charge in [-0.1, -0.05) is 24.3 Å². The molecule has 1 heterocycles. The number of nitrogens with one attached hydrogen (secondary N) is 1. The number of guanidine groups is 1. The molecular weight excluding hydrogens is 389 g/mol. The van der Waals surface area contributed by atoms with Crippen LogP contribution in [0.15, 0.2) is 34.6 Å². The quantitative estimate of drug-likeness (QED) is 0.521. The summed E-state index contributed by atoms with van der Waals surface area (Å²) in [5.41, 5.74) is 2.66. The highest BCUT2D eigenvalue weighted by atomic mass is 32.1. The van der Waals surface area contributed by atoms with Gasteiger partial charge in [0, 0.05) is 19.0 Å². The summed E-state index contributed by atoms with van der Waals surface area (Å²) in [5, 5.41) is 6.33. The molecule has 154 valence electrons. The second kappa shape index (κ2) is 10.4. The van der Waals surface area contributed by atoms with Crippen LogP contribution in [-0.4, -0.2) is 42.2 Å². The first-order valence-electron chi connectivity index (χ1n) is 8.89. The molecule has 1 aromatic heterocycles. The van der Waals surface area contributed by atoms with E-state index in [1.165, 1.54) is 0 Å². The van der Waals surface area contributed by atoms with Gasteiger partial charge in [0.2, 0.25) is 0 Å². The Morgan fingerprint density at radius 2 is 1.93 bits per heavy atom. The van der Waals surface area contributed by atoms with Crippen molar-refractivity contribution in [3.05, 3.63) is 51.5 Å². The second-order valence-corrected chi connectivity index (χ2v) is 7.37. The van der Waals surface area contributed by atoms with Crippen LogP contribution >= 0.6 is 11.3 Å². The third kappa shape index (κ3) is 7.85. The Bertz CT molecular complexity index is 759. The van der Waals surface area contributed by atoms with Crippen LogP contribution in [0.3, 0.4) is 0 Å². The molecule has 28 heavy (non-hydrogen) atoms. The van der Waals surface area contributed by atoms with E-state index in [4.69, 9.17) is 0 Å². The molecule has 0 spiro atoms. The van der Waals surface area contributed by atoms with Gasteiger partial charge in [-0.05, 0) is 25.0 Å². The van der Waals surface area contributed by atoms with Crippen LogP contribution in [0.1, 0.15) is 28.8 Å². The van der Waals surface area contributed by atoms with Gasteiger partial charge in [-0.15, -0.1) is 11.3 Å². The normalized spacial score (nSPS) is 12.3. The first-order chi connectivity index (χ1) is 13.3. The monoisotopic (exact) mass is 414 g/mol. The summed E-state index contributed by atoms with van der Waals surface area (Å²) >= 11 is 1.62. The molecule has 0 fully saturated rings. The van der Waals surface area contributed by atoms with E-state index in [1.807, 2.05) is 43.3 Å². The van der Waals surface area contributed by atoms with Crippen molar-refractivity contribution in [2.45, 2.75) is 39.7 Å². The van der Waals surface area contributed by atoms with Gasteiger partial charge in [0.15, 0.2) is 5.96 Å². The highest BCUT2D eigenvalue weighted by Crippen LogP contribution is 2.16. The average Bonchev–Trinajstić information content (AvgIpc) is 3.03. The van der Waals surface area contributed by atoms with E-state index in [0.717, 1.165) is 28.8 Å². The topological polar surface area (TPSA) is 49.8 Å². The molecule has 0 saturated carbocycles. The van der Waals surface area contributed by atoms with Gasteiger partial charge in [0.1, 0.15) is 6.61 Å². The molecule has 1 aromatic carbocycles. The lowest BCUT2D eigenvalue weighted by atomic mass is 10.1. The molecule has 0 unspecified atom stereocenters. The molecule has 0 aliphatic rings. The maximum atomic E-state index is 12.1. The Balaban J connectivity index is 1.92. The summed E-state index contributed by atoms with van der Waals surface area (Å²) < 4.78 is 41.0. The van der Waals surface area contributed by atoms with Crippen molar-refractivity contribution in [1.29, 1.82) is 0 Å². The van der Waals surface area contributed by atoms with Crippen molar-refractivity contribution in [3.8, 4) is 0 Å². The Labute approximate surface area is 167 Å². The average molecular weight is 414 g/mol. The third-order valence-electron chi connectivity index (χ3n) is 3.73. The minimum atomic E-state index is -4.30. The van der Waals surface area contributed by atoms with Gasteiger partial charge < -0.3 is 15.0 Å². The van der Waals surface area contributed by atoms with Crippen LogP contribution in [-0.2, 0) is 24.4 Å². The van der Waals surface area contributed by atoms with Crippen molar-refractivity contribution in [1.82, 2.24) is 15.2 Å². The number of hydrogen-bond acceptors (Lipinski definition) is 4. The molecule has 2 aromatic rings. The SMILES string of the molecule is CCNC(=NCc1ccc(COCC(F)(F)F)cc1)N(C)Cc1csc(C)n1. The fourth-order valence-electron chi connectivity index (χ4n) is 2.46. The smallest absolute Gasteiger partial charge is 0.367 e. The van der Waals surface area contributed by atoms with E-state index in [1.54, 1.807) is 23.5 Å². The molecule has 0 bridgehead atoms. The summed E-state index contributed by atoms with van der Waals surface area (Å²) in [7, 11) is 1.96. The molecule has 1 N–H and O–H groups in total. The van der Waals surface area contributed by atoms with E-state index in [-0.39, 0.29) is 6.61 Å². The number of ether oxygens (including phenoxy) is 1. The van der Waals surface area contributed by atoms with Gasteiger partial charge >= 0.3 is 6.18 Å². The molecular formula is C19H25F3N4OS. The molecule has 5 nitrogen and oxygen atoms in total. The van der Waals surface area contributed by atoms with Crippen molar-refractivity contribution in [2.24, 2.45) is 4.99 Å². The molecule has 0 amide bonds. The zero-order valence-corrected chi connectivity index (χ0v) is 17.0. The zero-order valence-electron chi connectivity index (χ0n) is 16.2. The Morgan fingerprint density at radius 3 is 2.50 bits per heavy atom. The van der Waals surface area contributed by atoms with Gasteiger partial charge in [-0.2, -0.15) is 13.2 Å². The van der Waals surface area contributed by atoms with Gasteiger partial charge in [-0.25, -0.2) is 9.98 Å². The van der Waals surface area contributed by atoms with Crippen molar-refractivity contribution in [3.63, 3.8) is 0 Å². The largest absolute Gasteiger partial charge is 0.411 e. The van der Waals surface area contributed by atoms with E-state index in [2.05, 4.69) is 20.0 Å². The Morgan fingerprint density at radius 1 is 1.25 bits per heavy atom. The zero-order chi connectivity index (χ0) is 20.6. The summed E-state index contributed by atoms with van der Waals surface area (Å²) in [4.78, 5) is 11.1. The standard InChI is InChI=1S/C19H25F3N4OS/c1-4-23-18(26(3)10-17-12-28-14(2)25-17)24-9-15-5-7-16(8-6-15)11-27-13-19(20,21)22/h5-8,12H,4,9-11,13H2,1-3H3,(H,23,24). The number of rotatable bonds is 8. The molecule has 0 atom stereocenters. The number of benzene rings is 1. The number of aryl methyl sites for hydroxylation is 1. The first kappa shape index (κ1) is 22.2. The molecule has 0 radical (unpaired) electrons. The number of alkyl halides is 3. The molecule has 9 heteroatoms. The lowest BCUT2D eigenvalue weighted by Crippen LogP contribution is -2.38. The number of halogens is 3. The molecule has 0 aliphatic heterocycles. The first-order valence-corrected chi connectivity index (χ1v) is 9.77. The maximum absolute atomic E-state index is 12.1. The van der Waals surface area contributed by atoms with Crippen LogP contribution in [0.4, 0.5) is 13.2 Å². The predicted molar refractivity (Wildman–Crippen MR) is 105 cm³/mol. The van der Waals surface area contributed by atoms with Crippen LogP contribution in [0, 0.1) is 6.92 Å². The number of thiazole rings is 1. The van der Waals surface area contributed by atoms with E-state index in [9.17, 15) is 13.2 Å². The van der Waals surface area contributed by atoms with E-state index in [0.29, 0.717) is 18.7 Å². The summed E-state index contributed by atoms with van der Waals surface area (Å²) in [6, 6.07) is 7.22.